The van der Waals surface area contributed by atoms with Crippen LogP contribution in [-0.2, 0) is 14.2 Å². The molecule has 0 aliphatic heterocycles. The SMILES string of the molecule is CCOC(=O)c1cc(I)c(NCCN/C(=N\C(=O)OC(C)(C)C)NC(=O)OC(C)(C)C)c(I)c1. The Labute approximate surface area is 227 Å². The minimum Gasteiger partial charge on any atom is -0.462 e. The molecule has 12 heteroatoms. The topological polar surface area (TPSA) is 127 Å². The van der Waals surface area contributed by atoms with Crippen LogP contribution in [0.4, 0.5) is 15.3 Å². The van der Waals surface area contributed by atoms with Crippen molar-refractivity contribution in [2.24, 2.45) is 4.99 Å². The molecule has 0 heterocycles. The first kappa shape index (κ1) is 30.2. The number of hydrogen-bond acceptors (Lipinski definition) is 7. The number of alkyl carbamates (subject to hydrolysis) is 1. The van der Waals surface area contributed by atoms with Crippen molar-refractivity contribution in [1.29, 1.82) is 0 Å². The summed E-state index contributed by atoms with van der Waals surface area (Å²) in [5.74, 6) is -0.463. The quantitative estimate of drug-likeness (QED) is 0.0956. The molecule has 0 bridgehead atoms. The summed E-state index contributed by atoms with van der Waals surface area (Å²) in [6.07, 6.45) is -1.61. The highest BCUT2D eigenvalue weighted by Crippen LogP contribution is 2.26. The second-order valence-electron chi connectivity index (χ2n) is 8.96. The fraction of sp³-hybridized carbons (Fsp3) is 0.545. The monoisotopic (exact) mass is 702 g/mol. The molecule has 0 aliphatic rings. The summed E-state index contributed by atoms with van der Waals surface area (Å²) in [4.78, 5) is 40.1. The molecule has 0 saturated carbocycles. The lowest BCUT2D eigenvalue weighted by atomic mass is 10.2. The van der Waals surface area contributed by atoms with Gasteiger partial charge in [0.15, 0.2) is 0 Å². The summed E-state index contributed by atoms with van der Waals surface area (Å²) in [6.45, 7) is 13.1. The van der Waals surface area contributed by atoms with E-state index in [0.29, 0.717) is 25.3 Å². The number of esters is 1. The fourth-order valence-electron chi connectivity index (χ4n) is 2.33. The van der Waals surface area contributed by atoms with Crippen molar-refractivity contribution in [1.82, 2.24) is 10.6 Å². The van der Waals surface area contributed by atoms with Crippen LogP contribution in [-0.4, -0.2) is 55.0 Å². The van der Waals surface area contributed by atoms with Gasteiger partial charge in [-0.2, -0.15) is 0 Å². The fourth-order valence-corrected chi connectivity index (χ4v) is 4.48. The highest BCUT2D eigenvalue weighted by atomic mass is 127. The normalized spacial score (nSPS) is 12.0. The van der Waals surface area contributed by atoms with E-state index in [4.69, 9.17) is 14.2 Å². The van der Waals surface area contributed by atoms with Crippen LogP contribution >= 0.6 is 45.2 Å². The van der Waals surface area contributed by atoms with Crippen molar-refractivity contribution in [3.8, 4) is 0 Å². The molecule has 0 spiro atoms. The third kappa shape index (κ3) is 12.0. The van der Waals surface area contributed by atoms with E-state index in [0.717, 1.165) is 12.8 Å². The largest absolute Gasteiger partial charge is 0.462 e. The number of amides is 2. The van der Waals surface area contributed by atoms with Gasteiger partial charge in [-0.05, 0) is 106 Å². The number of ether oxygens (including phenoxy) is 3. The summed E-state index contributed by atoms with van der Waals surface area (Å²) in [5, 5.41) is 8.62. The van der Waals surface area contributed by atoms with Crippen molar-refractivity contribution in [2.45, 2.75) is 59.7 Å². The van der Waals surface area contributed by atoms with Gasteiger partial charge < -0.3 is 24.8 Å². The van der Waals surface area contributed by atoms with Gasteiger partial charge in [-0.25, -0.2) is 14.4 Å². The maximum atomic E-state index is 12.2. The number of aliphatic imine (C=N–C) groups is 1. The lowest BCUT2D eigenvalue weighted by molar-refractivity contribution is 0.0521. The molecule has 0 aliphatic carbocycles. The van der Waals surface area contributed by atoms with Gasteiger partial charge in [0, 0.05) is 20.2 Å². The maximum absolute atomic E-state index is 12.2. The van der Waals surface area contributed by atoms with E-state index in [1.54, 1.807) is 60.6 Å². The van der Waals surface area contributed by atoms with Crippen molar-refractivity contribution in [3.63, 3.8) is 0 Å². The van der Waals surface area contributed by atoms with Crippen LogP contribution < -0.4 is 16.0 Å². The van der Waals surface area contributed by atoms with Crippen LogP contribution in [0.5, 0.6) is 0 Å². The van der Waals surface area contributed by atoms with Crippen LogP contribution in [0.1, 0.15) is 58.8 Å². The van der Waals surface area contributed by atoms with Crippen LogP contribution in [0, 0.1) is 7.14 Å². The molecule has 0 fully saturated rings. The van der Waals surface area contributed by atoms with Gasteiger partial charge >= 0.3 is 18.2 Å². The number of anilines is 1. The number of hydrogen-bond donors (Lipinski definition) is 3. The first-order valence-corrected chi connectivity index (χ1v) is 12.7. The average Bonchev–Trinajstić information content (AvgIpc) is 2.63. The van der Waals surface area contributed by atoms with Gasteiger partial charge in [0.2, 0.25) is 5.96 Å². The second-order valence-corrected chi connectivity index (χ2v) is 11.3. The van der Waals surface area contributed by atoms with Crippen LogP contribution in [0.25, 0.3) is 0 Å². The Bertz CT molecular complexity index is 900. The van der Waals surface area contributed by atoms with E-state index in [2.05, 4.69) is 66.1 Å². The summed E-state index contributed by atoms with van der Waals surface area (Å²) in [5.41, 5.74) is -0.122. The van der Waals surface area contributed by atoms with Gasteiger partial charge in [0.25, 0.3) is 0 Å². The number of guanidine groups is 1. The van der Waals surface area contributed by atoms with E-state index in [-0.39, 0.29) is 11.9 Å². The molecular formula is C22H32I2N4O6. The first-order chi connectivity index (χ1) is 15.6. The standard InChI is InChI=1S/C22H32I2N4O6/c1-8-32-17(29)13-11-14(23)16(15(24)12-13)25-9-10-26-18(27-19(30)33-21(2,3)4)28-20(31)34-22(5,6)7/h11-12,25H,8-10H2,1-7H3,(H2,26,27,28,30,31). The number of halogens is 2. The Kier molecular flexibility index (Phi) is 11.8. The minimum absolute atomic E-state index is 0.0904. The molecule has 0 atom stereocenters. The van der Waals surface area contributed by atoms with E-state index in [9.17, 15) is 14.4 Å². The molecule has 3 N–H and O–H groups in total. The van der Waals surface area contributed by atoms with Gasteiger partial charge in [0.1, 0.15) is 11.2 Å². The third-order valence-corrected chi connectivity index (χ3v) is 5.19. The maximum Gasteiger partial charge on any atom is 0.437 e. The van der Waals surface area contributed by atoms with E-state index >= 15 is 0 Å². The van der Waals surface area contributed by atoms with Crippen molar-refractivity contribution >= 4 is 75.0 Å². The molecule has 10 nitrogen and oxygen atoms in total. The van der Waals surface area contributed by atoms with Crippen molar-refractivity contribution in [2.75, 3.05) is 25.0 Å². The smallest absolute Gasteiger partial charge is 0.437 e. The average molecular weight is 702 g/mol. The summed E-state index contributed by atoms with van der Waals surface area (Å²) < 4.78 is 17.2. The number of carbonyl (C=O) groups is 3. The number of rotatable bonds is 6. The number of benzene rings is 1. The molecule has 0 unspecified atom stereocenters. The highest BCUT2D eigenvalue weighted by Gasteiger charge is 2.20. The zero-order valence-electron chi connectivity index (χ0n) is 20.4. The Morgan fingerprint density at radius 1 is 0.941 bits per heavy atom. The summed E-state index contributed by atoms with van der Waals surface area (Å²) >= 11 is 4.28. The predicted octanol–water partition coefficient (Wildman–Crippen LogP) is 4.89. The van der Waals surface area contributed by atoms with Crippen molar-refractivity contribution in [3.05, 3.63) is 24.8 Å². The molecule has 34 heavy (non-hydrogen) atoms. The van der Waals surface area contributed by atoms with E-state index < -0.39 is 23.4 Å². The highest BCUT2D eigenvalue weighted by molar-refractivity contribution is 14.1. The van der Waals surface area contributed by atoms with E-state index in [1.165, 1.54) is 0 Å². The molecule has 1 aromatic carbocycles. The molecule has 0 radical (unpaired) electrons. The van der Waals surface area contributed by atoms with Gasteiger partial charge in [0.05, 0.1) is 17.9 Å². The van der Waals surface area contributed by atoms with Gasteiger partial charge in [-0.15, -0.1) is 4.99 Å². The number of carbonyl (C=O) groups excluding carboxylic acids is 3. The lowest BCUT2D eigenvalue weighted by Gasteiger charge is -2.21. The van der Waals surface area contributed by atoms with Gasteiger partial charge in [-0.3, -0.25) is 5.32 Å². The lowest BCUT2D eigenvalue weighted by Crippen LogP contribution is -2.45. The Morgan fingerprint density at radius 3 is 2.00 bits per heavy atom. The zero-order valence-corrected chi connectivity index (χ0v) is 24.7. The summed E-state index contributed by atoms with van der Waals surface area (Å²) in [7, 11) is 0. The Balaban J connectivity index is 2.84. The van der Waals surface area contributed by atoms with Crippen molar-refractivity contribution < 1.29 is 28.6 Å². The molecule has 2 amide bonds. The van der Waals surface area contributed by atoms with Crippen LogP contribution in [0.3, 0.4) is 0 Å². The second kappa shape index (κ2) is 13.3. The predicted molar refractivity (Wildman–Crippen MR) is 147 cm³/mol. The number of nitrogens with zero attached hydrogens (tertiary/aromatic N) is 1. The minimum atomic E-state index is -0.849. The van der Waals surface area contributed by atoms with Gasteiger partial charge in [-0.1, -0.05) is 0 Å². The number of nitrogens with one attached hydrogen (secondary N) is 3. The molecule has 0 aromatic heterocycles. The molecule has 0 saturated heterocycles. The first-order valence-electron chi connectivity index (χ1n) is 10.6. The Morgan fingerprint density at radius 2 is 1.50 bits per heavy atom. The summed E-state index contributed by atoms with van der Waals surface area (Å²) in [6, 6.07) is 3.49. The van der Waals surface area contributed by atoms with Crippen LogP contribution in [0.15, 0.2) is 17.1 Å². The Hall–Kier alpha value is -1.84. The molecular weight excluding hydrogens is 670 g/mol. The zero-order chi connectivity index (χ0) is 26.1. The molecule has 1 aromatic rings. The molecule has 1 rings (SSSR count). The molecule has 190 valence electrons. The van der Waals surface area contributed by atoms with Crippen LogP contribution in [0.2, 0.25) is 0 Å². The van der Waals surface area contributed by atoms with E-state index in [1.807, 2.05) is 0 Å². The third-order valence-electron chi connectivity index (χ3n) is 3.49.